The molecule has 0 unspecified atom stereocenters. The second-order valence-electron chi connectivity index (χ2n) is 6.45. The molecule has 1 saturated heterocycles. The molecule has 5 nitrogen and oxygen atoms in total. The number of rotatable bonds is 4. The van der Waals surface area contributed by atoms with Gasteiger partial charge in [-0.25, -0.2) is 9.49 Å². The average molecular weight is 342 g/mol. The fourth-order valence-corrected chi connectivity index (χ4v) is 3.33. The maximum Gasteiger partial charge on any atom is 0.288 e. The Kier molecular flexibility index (Phi) is 4.99. The van der Waals surface area contributed by atoms with Gasteiger partial charge in [0.15, 0.2) is 0 Å². The van der Waals surface area contributed by atoms with E-state index in [0.29, 0.717) is 11.4 Å². The molecule has 0 bridgehead atoms. The minimum atomic E-state index is -0.198. The van der Waals surface area contributed by atoms with Gasteiger partial charge in [-0.05, 0) is 43.2 Å². The van der Waals surface area contributed by atoms with Crippen LogP contribution in [0, 0.1) is 19.7 Å². The number of piperazine rings is 1. The van der Waals surface area contributed by atoms with Gasteiger partial charge in [-0.1, -0.05) is 12.6 Å². The number of anilines is 1. The van der Waals surface area contributed by atoms with Gasteiger partial charge in [-0.2, -0.15) is 5.10 Å². The van der Waals surface area contributed by atoms with Crippen LogP contribution >= 0.6 is 0 Å². The lowest BCUT2D eigenvalue weighted by Gasteiger charge is -2.36. The van der Waals surface area contributed by atoms with E-state index in [2.05, 4.69) is 26.6 Å². The van der Waals surface area contributed by atoms with Gasteiger partial charge in [0.05, 0.1) is 5.69 Å². The Hall–Kier alpha value is -2.47. The van der Waals surface area contributed by atoms with Crippen molar-refractivity contribution in [1.82, 2.24) is 15.1 Å². The molecule has 0 aliphatic carbocycles. The van der Waals surface area contributed by atoms with Crippen LogP contribution in [0.15, 0.2) is 29.6 Å². The van der Waals surface area contributed by atoms with Gasteiger partial charge in [-0.3, -0.25) is 9.69 Å². The molecule has 132 valence electrons. The lowest BCUT2D eigenvalue weighted by atomic mass is 10.1. The predicted molar refractivity (Wildman–Crippen MR) is 98.3 cm³/mol. The number of nitrogens with zero attached hydrogens (tertiary/aromatic N) is 3. The Morgan fingerprint density at radius 2 is 2.00 bits per heavy atom. The van der Waals surface area contributed by atoms with Crippen LogP contribution in [0.3, 0.4) is 0 Å². The van der Waals surface area contributed by atoms with Crippen molar-refractivity contribution in [3.63, 3.8) is 0 Å². The monoisotopic (exact) mass is 342 g/mol. The molecule has 1 N–H and O–H groups in total. The molecule has 1 fully saturated rings. The summed E-state index contributed by atoms with van der Waals surface area (Å²) in [5.74, 6) is -0.198. The Bertz CT molecular complexity index is 838. The molecule has 2 aromatic rings. The molecule has 1 aromatic heterocycles. The molecule has 0 radical (unpaired) electrons. The van der Waals surface area contributed by atoms with Gasteiger partial charge in [0.2, 0.25) is 0 Å². The number of benzene rings is 1. The molecule has 1 aliphatic heterocycles. The zero-order valence-corrected chi connectivity index (χ0v) is 14.7. The van der Waals surface area contributed by atoms with Crippen LogP contribution in [0.25, 0.3) is 6.08 Å². The maximum absolute atomic E-state index is 13.2. The first-order valence-electron chi connectivity index (χ1n) is 8.43. The van der Waals surface area contributed by atoms with E-state index >= 15 is 0 Å². The summed E-state index contributed by atoms with van der Waals surface area (Å²) in [6, 6.07) is 4.93. The fraction of sp³-hybridized carbons (Fsp3) is 0.368. The van der Waals surface area contributed by atoms with Crippen LogP contribution in [0.2, 0.25) is 0 Å². The minimum Gasteiger partial charge on any atom is -0.364 e. The van der Waals surface area contributed by atoms with Crippen LogP contribution < -0.4 is 10.5 Å². The summed E-state index contributed by atoms with van der Waals surface area (Å²) in [6.45, 7) is 11.6. The van der Waals surface area contributed by atoms with Crippen molar-refractivity contribution in [2.45, 2.75) is 20.4 Å². The van der Waals surface area contributed by atoms with Crippen molar-refractivity contribution in [2.24, 2.45) is 0 Å². The smallest absolute Gasteiger partial charge is 0.288 e. The lowest BCUT2D eigenvalue weighted by molar-refractivity contribution is 0.249. The molecule has 0 saturated carbocycles. The molecule has 0 spiro atoms. The second kappa shape index (κ2) is 7.19. The number of H-pyrrole nitrogens is 1. The van der Waals surface area contributed by atoms with E-state index < -0.39 is 0 Å². The Labute approximate surface area is 146 Å². The van der Waals surface area contributed by atoms with E-state index in [1.54, 1.807) is 12.1 Å². The molecule has 6 heteroatoms. The first kappa shape index (κ1) is 17.4. The number of hydrogen-bond donors (Lipinski definition) is 1. The first-order valence-corrected chi connectivity index (χ1v) is 8.43. The molecule has 0 atom stereocenters. The van der Waals surface area contributed by atoms with Crippen LogP contribution in [-0.2, 0) is 6.54 Å². The number of aryl methyl sites for hydroxylation is 1. The highest BCUT2D eigenvalue weighted by Gasteiger charge is 2.22. The van der Waals surface area contributed by atoms with Crippen molar-refractivity contribution >= 4 is 11.8 Å². The zero-order chi connectivity index (χ0) is 18.0. The van der Waals surface area contributed by atoms with Crippen molar-refractivity contribution in [3.05, 3.63) is 63.3 Å². The summed E-state index contributed by atoms with van der Waals surface area (Å²) in [4.78, 5) is 16.7. The highest BCUT2D eigenvalue weighted by atomic mass is 19.1. The van der Waals surface area contributed by atoms with Crippen LogP contribution in [0.4, 0.5) is 10.1 Å². The summed E-state index contributed by atoms with van der Waals surface area (Å²) in [7, 11) is 0. The quantitative estimate of drug-likeness (QED) is 0.927. The molecule has 3 rings (SSSR count). The minimum absolute atomic E-state index is 0.161. The van der Waals surface area contributed by atoms with E-state index in [-0.39, 0.29) is 11.4 Å². The third kappa shape index (κ3) is 3.64. The van der Waals surface area contributed by atoms with Crippen molar-refractivity contribution < 1.29 is 4.39 Å². The number of aromatic amines is 1. The average Bonchev–Trinajstić information content (AvgIpc) is 2.59. The van der Waals surface area contributed by atoms with E-state index in [9.17, 15) is 9.18 Å². The Balaban J connectivity index is 1.70. The van der Waals surface area contributed by atoms with Gasteiger partial charge in [0.25, 0.3) is 5.56 Å². The number of hydrogen-bond acceptors (Lipinski definition) is 4. The van der Waals surface area contributed by atoms with E-state index in [1.807, 2.05) is 19.9 Å². The van der Waals surface area contributed by atoms with E-state index in [4.69, 9.17) is 0 Å². The van der Waals surface area contributed by atoms with Crippen LogP contribution in [0.5, 0.6) is 0 Å². The number of halogens is 1. The van der Waals surface area contributed by atoms with Crippen LogP contribution in [0.1, 0.15) is 22.4 Å². The van der Waals surface area contributed by atoms with Gasteiger partial charge < -0.3 is 4.90 Å². The first-order chi connectivity index (χ1) is 12.0. The lowest BCUT2D eigenvalue weighted by Crippen LogP contribution is -2.48. The van der Waals surface area contributed by atoms with Crippen molar-refractivity contribution in [1.29, 1.82) is 0 Å². The predicted octanol–water partition coefficient (Wildman–Crippen LogP) is 2.49. The fourth-order valence-electron chi connectivity index (χ4n) is 3.33. The van der Waals surface area contributed by atoms with E-state index in [1.165, 1.54) is 6.07 Å². The molecule has 1 aliphatic rings. The molecule has 0 amide bonds. The van der Waals surface area contributed by atoms with Crippen molar-refractivity contribution in [3.8, 4) is 0 Å². The Morgan fingerprint density at radius 3 is 2.64 bits per heavy atom. The zero-order valence-electron chi connectivity index (χ0n) is 14.7. The summed E-state index contributed by atoms with van der Waals surface area (Å²) in [5, 5.41) is 6.57. The van der Waals surface area contributed by atoms with Gasteiger partial charge in [0, 0.05) is 38.3 Å². The number of aromatic nitrogens is 2. The van der Waals surface area contributed by atoms with Crippen molar-refractivity contribution in [2.75, 3.05) is 31.1 Å². The summed E-state index contributed by atoms with van der Waals surface area (Å²) in [5.41, 5.74) is 4.20. The second-order valence-corrected chi connectivity index (χ2v) is 6.45. The van der Waals surface area contributed by atoms with Crippen LogP contribution in [-0.4, -0.2) is 41.3 Å². The molecule has 1 aromatic carbocycles. The highest BCUT2D eigenvalue weighted by Crippen LogP contribution is 2.20. The standard InChI is InChI=1S/C19H23FN4O/c1-4-17-14(3)18(19(25)22-21-17)24-9-7-23(8-10-24)12-15-5-6-16(20)11-13(15)2/h4-6,11H,1,7-10,12H2,2-3H3,(H,22,25). The third-order valence-electron chi connectivity index (χ3n) is 4.81. The molecule has 25 heavy (non-hydrogen) atoms. The van der Waals surface area contributed by atoms with Gasteiger partial charge in [0.1, 0.15) is 11.5 Å². The molecular weight excluding hydrogens is 319 g/mol. The summed E-state index contributed by atoms with van der Waals surface area (Å²) in [6.07, 6.45) is 1.66. The maximum atomic E-state index is 13.2. The SMILES string of the molecule is C=Cc1n[nH]c(=O)c(N2CCN(Cc3ccc(F)cc3C)CC2)c1C. The molecule has 2 heterocycles. The van der Waals surface area contributed by atoms with E-state index in [0.717, 1.165) is 49.4 Å². The van der Waals surface area contributed by atoms with Gasteiger partial charge in [-0.15, -0.1) is 0 Å². The van der Waals surface area contributed by atoms with Gasteiger partial charge >= 0.3 is 0 Å². The third-order valence-corrected chi connectivity index (χ3v) is 4.81. The summed E-state index contributed by atoms with van der Waals surface area (Å²) < 4.78 is 13.2. The normalized spacial score (nSPS) is 15.4. The summed E-state index contributed by atoms with van der Waals surface area (Å²) >= 11 is 0. The Morgan fingerprint density at radius 1 is 1.28 bits per heavy atom. The topological polar surface area (TPSA) is 52.2 Å². The highest BCUT2D eigenvalue weighted by molar-refractivity contribution is 5.60. The molecular formula is C19H23FN4O. The largest absolute Gasteiger partial charge is 0.364 e. The number of nitrogens with one attached hydrogen (secondary N) is 1.